The van der Waals surface area contributed by atoms with Crippen LogP contribution in [0.25, 0.3) is 0 Å². The normalized spacial score (nSPS) is 18.5. The van der Waals surface area contributed by atoms with Crippen LogP contribution in [0.15, 0.2) is 6.07 Å². The van der Waals surface area contributed by atoms with Crippen LogP contribution in [-0.4, -0.2) is 18.1 Å². The van der Waals surface area contributed by atoms with Gasteiger partial charge in [0, 0.05) is 13.1 Å². The number of aromatic nitrogens is 1. The van der Waals surface area contributed by atoms with Crippen LogP contribution in [0.3, 0.4) is 0 Å². The molecule has 17 heavy (non-hydrogen) atoms. The van der Waals surface area contributed by atoms with Gasteiger partial charge in [0.25, 0.3) is 0 Å². The van der Waals surface area contributed by atoms with E-state index in [-0.39, 0.29) is 0 Å². The van der Waals surface area contributed by atoms with Gasteiger partial charge >= 0.3 is 0 Å². The van der Waals surface area contributed by atoms with Crippen LogP contribution in [0, 0.1) is 5.41 Å². The van der Waals surface area contributed by atoms with Gasteiger partial charge in [-0.1, -0.05) is 37.0 Å². The number of rotatable bonds is 2. The van der Waals surface area contributed by atoms with E-state index in [0.717, 1.165) is 25.3 Å². The lowest BCUT2D eigenvalue weighted by Crippen LogP contribution is -2.24. The van der Waals surface area contributed by atoms with Crippen LogP contribution < -0.4 is 16.2 Å². The first kappa shape index (κ1) is 12.7. The number of pyridine rings is 1. The van der Waals surface area contributed by atoms with Gasteiger partial charge in [0.05, 0.1) is 10.0 Å². The molecule has 1 aromatic heterocycles. The molecule has 1 saturated heterocycles. The van der Waals surface area contributed by atoms with Crippen molar-refractivity contribution >= 4 is 34.8 Å². The van der Waals surface area contributed by atoms with E-state index in [4.69, 9.17) is 29.0 Å². The zero-order valence-electron chi connectivity index (χ0n) is 9.93. The van der Waals surface area contributed by atoms with Gasteiger partial charge in [-0.25, -0.2) is 10.8 Å². The van der Waals surface area contributed by atoms with Crippen molar-refractivity contribution in [2.75, 3.05) is 23.4 Å². The lowest BCUT2D eigenvalue weighted by atomic mass is 9.93. The van der Waals surface area contributed by atoms with Gasteiger partial charge in [0.1, 0.15) is 5.82 Å². The molecule has 0 atom stereocenters. The predicted molar refractivity (Wildman–Crippen MR) is 72.7 cm³/mol. The van der Waals surface area contributed by atoms with E-state index >= 15 is 0 Å². The van der Waals surface area contributed by atoms with E-state index in [1.54, 1.807) is 6.07 Å². The monoisotopic (exact) mass is 274 g/mol. The van der Waals surface area contributed by atoms with Crippen molar-refractivity contribution < 1.29 is 0 Å². The molecule has 2 heterocycles. The zero-order chi connectivity index (χ0) is 12.6. The van der Waals surface area contributed by atoms with Crippen LogP contribution in [0.5, 0.6) is 0 Å². The molecule has 0 aromatic carbocycles. The first-order chi connectivity index (χ1) is 7.93. The average Bonchev–Trinajstić information content (AvgIpc) is 2.59. The smallest absolute Gasteiger partial charge is 0.161 e. The summed E-state index contributed by atoms with van der Waals surface area (Å²) in [4.78, 5) is 6.53. The van der Waals surface area contributed by atoms with Crippen molar-refractivity contribution in [1.82, 2.24) is 4.98 Å². The number of hydrogen-bond acceptors (Lipinski definition) is 4. The SMILES string of the molecule is CC1(C)CCN(c2nc(NN)c(Cl)cc2Cl)C1. The second-order valence-corrected chi connectivity index (χ2v) is 5.92. The lowest BCUT2D eigenvalue weighted by Gasteiger charge is -2.22. The fraction of sp³-hybridized carbons (Fsp3) is 0.545. The van der Waals surface area contributed by atoms with Crippen molar-refractivity contribution in [3.63, 3.8) is 0 Å². The number of anilines is 2. The summed E-state index contributed by atoms with van der Waals surface area (Å²) in [5.41, 5.74) is 2.77. The Morgan fingerprint density at radius 1 is 1.41 bits per heavy atom. The van der Waals surface area contributed by atoms with Gasteiger partial charge in [-0.05, 0) is 17.9 Å². The van der Waals surface area contributed by atoms with E-state index in [2.05, 4.69) is 29.2 Å². The summed E-state index contributed by atoms with van der Waals surface area (Å²) in [5, 5.41) is 0.992. The number of nitrogens with one attached hydrogen (secondary N) is 1. The molecule has 1 aliphatic heterocycles. The molecule has 0 spiro atoms. The van der Waals surface area contributed by atoms with E-state index in [1.165, 1.54) is 0 Å². The summed E-state index contributed by atoms with van der Waals surface area (Å²) in [6.07, 6.45) is 1.12. The predicted octanol–water partition coefficient (Wildman–Crippen LogP) is 2.91. The minimum Gasteiger partial charge on any atom is -0.355 e. The number of nitrogens with zero attached hydrogens (tertiary/aromatic N) is 2. The maximum Gasteiger partial charge on any atom is 0.161 e. The largest absolute Gasteiger partial charge is 0.355 e. The third-order valence-corrected chi connectivity index (χ3v) is 3.59. The Kier molecular flexibility index (Phi) is 3.39. The van der Waals surface area contributed by atoms with E-state index < -0.39 is 0 Å². The molecule has 0 bridgehead atoms. The third kappa shape index (κ3) is 2.59. The second kappa shape index (κ2) is 4.52. The number of halogens is 2. The van der Waals surface area contributed by atoms with Crippen molar-refractivity contribution in [2.45, 2.75) is 20.3 Å². The number of nitrogens with two attached hydrogens (primary N) is 1. The summed E-state index contributed by atoms with van der Waals surface area (Å²) in [6, 6.07) is 1.67. The quantitative estimate of drug-likeness (QED) is 0.643. The molecule has 6 heteroatoms. The summed E-state index contributed by atoms with van der Waals surface area (Å²) >= 11 is 12.1. The van der Waals surface area contributed by atoms with Crippen molar-refractivity contribution in [3.05, 3.63) is 16.1 Å². The summed E-state index contributed by atoms with van der Waals surface area (Å²) in [7, 11) is 0. The molecule has 2 rings (SSSR count). The highest BCUT2D eigenvalue weighted by Crippen LogP contribution is 2.37. The fourth-order valence-corrected chi connectivity index (χ4v) is 2.61. The summed E-state index contributed by atoms with van der Waals surface area (Å²) < 4.78 is 0. The minimum atomic E-state index is 0.293. The van der Waals surface area contributed by atoms with Crippen LogP contribution >= 0.6 is 23.2 Å². The molecule has 1 aromatic rings. The molecule has 4 nitrogen and oxygen atoms in total. The molecule has 1 fully saturated rings. The van der Waals surface area contributed by atoms with Gasteiger partial charge in [0.2, 0.25) is 0 Å². The van der Waals surface area contributed by atoms with Gasteiger partial charge in [0.15, 0.2) is 5.82 Å². The first-order valence-corrected chi connectivity index (χ1v) is 6.26. The maximum absolute atomic E-state index is 6.17. The lowest BCUT2D eigenvalue weighted by molar-refractivity contribution is 0.418. The Labute approximate surface area is 111 Å². The highest BCUT2D eigenvalue weighted by molar-refractivity contribution is 6.37. The molecular weight excluding hydrogens is 259 g/mol. The van der Waals surface area contributed by atoms with E-state index in [1.807, 2.05) is 0 Å². The van der Waals surface area contributed by atoms with Crippen molar-refractivity contribution in [3.8, 4) is 0 Å². The fourth-order valence-electron chi connectivity index (χ4n) is 2.07. The van der Waals surface area contributed by atoms with Gasteiger partial charge < -0.3 is 10.3 Å². The number of hydrazine groups is 1. The summed E-state index contributed by atoms with van der Waals surface area (Å²) in [6.45, 7) is 6.36. The van der Waals surface area contributed by atoms with Gasteiger partial charge in [-0.3, -0.25) is 0 Å². The minimum absolute atomic E-state index is 0.293. The Hall–Kier alpha value is -0.710. The molecule has 0 aliphatic carbocycles. The molecule has 0 saturated carbocycles. The molecule has 0 amide bonds. The van der Waals surface area contributed by atoms with Crippen LogP contribution in [0.4, 0.5) is 11.6 Å². The molecule has 0 unspecified atom stereocenters. The Morgan fingerprint density at radius 2 is 2.12 bits per heavy atom. The molecular formula is C11H16Cl2N4. The third-order valence-electron chi connectivity index (χ3n) is 3.02. The second-order valence-electron chi connectivity index (χ2n) is 5.10. The average molecular weight is 275 g/mol. The first-order valence-electron chi connectivity index (χ1n) is 5.50. The highest BCUT2D eigenvalue weighted by Gasteiger charge is 2.31. The van der Waals surface area contributed by atoms with Crippen LogP contribution in [-0.2, 0) is 0 Å². The van der Waals surface area contributed by atoms with Gasteiger partial charge in [-0.15, -0.1) is 0 Å². The highest BCUT2D eigenvalue weighted by atomic mass is 35.5. The van der Waals surface area contributed by atoms with Crippen molar-refractivity contribution in [1.29, 1.82) is 0 Å². The molecule has 94 valence electrons. The topological polar surface area (TPSA) is 54.2 Å². The van der Waals surface area contributed by atoms with Gasteiger partial charge in [-0.2, -0.15) is 0 Å². The Balaban J connectivity index is 2.33. The number of nitrogen functional groups attached to an aromatic ring is 1. The Bertz CT molecular complexity index is 434. The summed E-state index contributed by atoms with van der Waals surface area (Å²) in [5.74, 6) is 6.56. The maximum atomic E-state index is 6.17. The van der Waals surface area contributed by atoms with E-state index in [9.17, 15) is 0 Å². The zero-order valence-corrected chi connectivity index (χ0v) is 11.4. The standard InChI is InChI=1S/C11H16Cl2N4/c1-11(2)3-4-17(6-11)10-8(13)5-7(12)9(15-10)16-14/h5H,3-4,6,14H2,1-2H3,(H,15,16). The molecule has 3 N–H and O–H groups in total. The Morgan fingerprint density at radius 3 is 2.65 bits per heavy atom. The van der Waals surface area contributed by atoms with E-state index in [0.29, 0.717) is 21.3 Å². The number of hydrogen-bond donors (Lipinski definition) is 2. The molecule has 0 radical (unpaired) electrons. The molecule has 1 aliphatic rings. The van der Waals surface area contributed by atoms with Crippen molar-refractivity contribution in [2.24, 2.45) is 11.3 Å². The van der Waals surface area contributed by atoms with Crippen LogP contribution in [0.1, 0.15) is 20.3 Å². The van der Waals surface area contributed by atoms with Crippen LogP contribution in [0.2, 0.25) is 10.0 Å².